The fourth-order valence-electron chi connectivity index (χ4n) is 3.12. The summed E-state index contributed by atoms with van der Waals surface area (Å²) in [5, 5.41) is 12.5. The topological polar surface area (TPSA) is 91.4 Å². The smallest absolute Gasteiger partial charge is 0.329 e. The van der Waals surface area contributed by atoms with Crippen molar-refractivity contribution in [3.05, 3.63) is 29.7 Å². The van der Waals surface area contributed by atoms with Crippen molar-refractivity contribution in [3.8, 4) is 5.75 Å². The van der Waals surface area contributed by atoms with Gasteiger partial charge in [0, 0.05) is 5.39 Å². The van der Waals surface area contributed by atoms with Gasteiger partial charge in [-0.05, 0) is 31.0 Å². The fraction of sp³-hybridized carbons (Fsp3) is 0.375. The molecule has 0 spiro atoms. The highest BCUT2D eigenvalue weighted by molar-refractivity contribution is 6.01. The molecule has 1 amide bonds. The number of aromatic nitrogens is 1. The number of rotatable bonds is 4. The van der Waals surface area contributed by atoms with Crippen molar-refractivity contribution in [3.63, 3.8) is 0 Å². The largest absolute Gasteiger partial charge is 0.496 e. The lowest BCUT2D eigenvalue weighted by molar-refractivity contribution is -0.144. The lowest BCUT2D eigenvalue weighted by atomic mass is 9.97. The number of amides is 1. The van der Waals surface area contributed by atoms with Crippen LogP contribution in [0.15, 0.2) is 18.2 Å². The number of halogens is 1. The highest BCUT2D eigenvalue weighted by Crippen LogP contribution is 2.31. The Morgan fingerprint density at radius 1 is 1.35 bits per heavy atom. The summed E-state index contributed by atoms with van der Waals surface area (Å²) in [7, 11) is 1.46. The number of ether oxygens (including phenoxy) is 1. The van der Waals surface area contributed by atoms with Crippen LogP contribution in [-0.4, -0.2) is 34.6 Å². The van der Waals surface area contributed by atoms with Gasteiger partial charge in [0.15, 0.2) is 0 Å². The standard InChI is InChI=1S/C16H17FN2O4/c1-23-12-5-4-10(17)13-9(12)8-11(18-13)14(20)19-16(15(21)22)6-2-3-7-16/h4-5,8,18H,2-3,6-7H2,1H3,(H,19,20)(H,21,22). The Hall–Kier alpha value is -2.57. The number of H-pyrrole nitrogens is 1. The molecule has 1 aliphatic rings. The van der Waals surface area contributed by atoms with Crippen LogP contribution in [0.3, 0.4) is 0 Å². The van der Waals surface area contributed by atoms with Gasteiger partial charge in [-0.25, -0.2) is 9.18 Å². The summed E-state index contributed by atoms with van der Waals surface area (Å²) in [6, 6.07) is 4.19. The third-order valence-corrected chi connectivity index (χ3v) is 4.39. The molecule has 3 N–H and O–H groups in total. The van der Waals surface area contributed by atoms with Gasteiger partial charge in [0.2, 0.25) is 0 Å². The Morgan fingerprint density at radius 2 is 2.04 bits per heavy atom. The maximum absolute atomic E-state index is 13.9. The van der Waals surface area contributed by atoms with E-state index in [-0.39, 0.29) is 11.2 Å². The maximum atomic E-state index is 13.9. The van der Waals surface area contributed by atoms with Gasteiger partial charge in [0.05, 0.1) is 12.6 Å². The Labute approximate surface area is 131 Å². The molecule has 7 heteroatoms. The minimum Gasteiger partial charge on any atom is -0.496 e. The molecule has 1 aromatic heterocycles. The number of benzene rings is 1. The van der Waals surface area contributed by atoms with E-state index < -0.39 is 23.2 Å². The molecule has 1 heterocycles. The van der Waals surface area contributed by atoms with E-state index in [2.05, 4.69) is 10.3 Å². The van der Waals surface area contributed by atoms with Gasteiger partial charge < -0.3 is 20.1 Å². The molecule has 0 unspecified atom stereocenters. The van der Waals surface area contributed by atoms with Crippen LogP contribution in [0.5, 0.6) is 5.75 Å². The molecule has 0 radical (unpaired) electrons. The van der Waals surface area contributed by atoms with E-state index in [9.17, 15) is 19.1 Å². The first-order valence-electron chi connectivity index (χ1n) is 7.38. The third kappa shape index (κ3) is 2.52. The molecule has 3 rings (SSSR count). The molecule has 0 bridgehead atoms. The predicted molar refractivity (Wildman–Crippen MR) is 81.1 cm³/mol. The number of aromatic amines is 1. The van der Waals surface area contributed by atoms with E-state index in [1.807, 2.05) is 0 Å². The van der Waals surface area contributed by atoms with Gasteiger partial charge >= 0.3 is 5.97 Å². The van der Waals surface area contributed by atoms with Crippen molar-refractivity contribution in [2.45, 2.75) is 31.2 Å². The van der Waals surface area contributed by atoms with Gasteiger partial charge in [0.25, 0.3) is 5.91 Å². The second kappa shape index (κ2) is 5.57. The Morgan fingerprint density at radius 3 is 2.65 bits per heavy atom. The van der Waals surface area contributed by atoms with Gasteiger partial charge in [-0.2, -0.15) is 0 Å². The molecule has 23 heavy (non-hydrogen) atoms. The molecular formula is C16H17FN2O4. The van der Waals surface area contributed by atoms with E-state index in [0.717, 1.165) is 12.8 Å². The van der Waals surface area contributed by atoms with Crippen LogP contribution in [0.2, 0.25) is 0 Å². The van der Waals surface area contributed by atoms with Crippen LogP contribution < -0.4 is 10.1 Å². The maximum Gasteiger partial charge on any atom is 0.329 e. The quantitative estimate of drug-likeness (QED) is 0.807. The summed E-state index contributed by atoms with van der Waals surface area (Å²) in [4.78, 5) is 26.6. The van der Waals surface area contributed by atoms with Crippen LogP contribution in [0.1, 0.15) is 36.2 Å². The molecule has 0 aliphatic heterocycles. The normalized spacial score (nSPS) is 16.4. The van der Waals surface area contributed by atoms with Crippen LogP contribution in [0.4, 0.5) is 4.39 Å². The number of fused-ring (bicyclic) bond motifs is 1. The van der Waals surface area contributed by atoms with Crippen LogP contribution in [-0.2, 0) is 4.79 Å². The second-order valence-corrected chi connectivity index (χ2v) is 5.77. The first-order chi connectivity index (χ1) is 11.0. The number of nitrogens with one attached hydrogen (secondary N) is 2. The van der Waals surface area contributed by atoms with E-state index in [0.29, 0.717) is 24.0 Å². The second-order valence-electron chi connectivity index (χ2n) is 5.77. The predicted octanol–water partition coefficient (Wildman–Crippen LogP) is 2.44. The number of carboxylic acid groups (broad SMARTS) is 1. The number of methoxy groups -OCH3 is 1. The number of carbonyl (C=O) groups is 2. The SMILES string of the molecule is COc1ccc(F)c2[nH]c(C(=O)NC3(C(=O)O)CCCC3)cc12. The monoisotopic (exact) mass is 320 g/mol. The molecule has 1 aliphatic carbocycles. The molecule has 6 nitrogen and oxygen atoms in total. The van der Waals surface area contributed by atoms with E-state index in [1.54, 1.807) is 0 Å². The van der Waals surface area contributed by atoms with Crippen molar-refractivity contribution in [1.82, 2.24) is 10.3 Å². The lowest BCUT2D eigenvalue weighted by Gasteiger charge is -2.24. The van der Waals surface area contributed by atoms with E-state index in [4.69, 9.17) is 4.74 Å². The average Bonchev–Trinajstić information content (AvgIpc) is 3.15. The first kappa shape index (κ1) is 15.3. The average molecular weight is 320 g/mol. The zero-order valence-electron chi connectivity index (χ0n) is 12.6. The van der Waals surface area contributed by atoms with E-state index in [1.165, 1.54) is 25.3 Å². The molecule has 1 fully saturated rings. The van der Waals surface area contributed by atoms with Crippen molar-refractivity contribution in [2.75, 3.05) is 7.11 Å². The highest BCUT2D eigenvalue weighted by Gasteiger charge is 2.42. The Bertz CT molecular complexity index is 778. The first-order valence-corrected chi connectivity index (χ1v) is 7.38. The molecule has 0 atom stereocenters. The Kier molecular flexibility index (Phi) is 3.71. The van der Waals surface area contributed by atoms with Crippen molar-refractivity contribution >= 4 is 22.8 Å². The summed E-state index contributed by atoms with van der Waals surface area (Å²) in [5.74, 6) is -1.67. The number of carbonyl (C=O) groups excluding carboxylic acids is 1. The summed E-state index contributed by atoms with van der Waals surface area (Å²) < 4.78 is 19.0. The third-order valence-electron chi connectivity index (χ3n) is 4.39. The molecule has 1 saturated carbocycles. The van der Waals surface area contributed by atoms with Crippen LogP contribution in [0.25, 0.3) is 10.9 Å². The number of hydrogen-bond donors (Lipinski definition) is 3. The number of carboxylic acids is 1. The number of hydrogen-bond acceptors (Lipinski definition) is 3. The van der Waals surface area contributed by atoms with Gasteiger partial charge in [-0.1, -0.05) is 12.8 Å². The lowest BCUT2D eigenvalue weighted by Crippen LogP contribution is -2.52. The zero-order chi connectivity index (χ0) is 16.6. The fourth-order valence-corrected chi connectivity index (χ4v) is 3.12. The molecular weight excluding hydrogens is 303 g/mol. The van der Waals surface area contributed by atoms with Gasteiger partial charge in [0.1, 0.15) is 22.8 Å². The van der Waals surface area contributed by atoms with Gasteiger partial charge in [-0.3, -0.25) is 4.79 Å². The Balaban J connectivity index is 1.95. The number of aliphatic carboxylic acids is 1. The van der Waals surface area contributed by atoms with Crippen molar-refractivity contribution < 1.29 is 23.8 Å². The minimum absolute atomic E-state index is 0.107. The summed E-state index contributed by atoms with van der Waals surface area (Å²) in [6.07, 6.45) is 2.29. The van der Waals surface area contributed by atoms with Crippen molar-refractivity contribution in [1.29, 1.82) is 0 Å². The van der Waals surface area contributed by atoms with Crippen LogP contribution in [0, 0.1) is 5.82 Å². The van der Waals surface area contributed by atoms with Gasteiger partial charge in [-0.15, -0.1) is 0 Å². The van der Waals surface area contributed by atoms with Crippen LogP contribution >= 0.6 is 0 Å². The molecule has 122 valence electrons. The molecule has 1 aromatic carbocycles. The minimum atomic E-state index is -1.24. The molecule has 0 saturated heterocycles. The zero-order valence-corrected chi connectivity index (χ0v) is 12.6. The van der Waals surface area contributed by atoms with Crippen molar-refractivity contribution in [2.24, 2.45) is 0 Å². The summed E-state index contributed by atoms with van der Waals surface area (Å²) in [5.41, 5.74) is -0.974. The molecule has 2 aromatic rings. The van der Waals surface area contributed by atoms with E-state index >= 15 is 0 Å². The summed E-state index contributed by atoms with van der Waals surface area (Å²) in [6.45, 7) is 0. The highest BCUT2D eigenvalue weighted by atomic mass is 19.1. The summed E-state index contributed by atoms with van der Waals surface area (Å²) >= 11 is 0.